The van der Waals surface area contributed by atoms with E-state index in [9.17, 15) is 31.7 Å². The predicted octanol–water partition coefficient (Wildman–Crippen LogP) is 1.61. The van der Waals surface area contributed by atoms with Gasteiger partial charge < -0.3 is 10.6 Å². The number of rotatable bonds is 8. The van der Waals surface area contributed by atoms with Gasteiger partial charge in [0, 0.05) is 38.8 Å². The minimum atomic E-state index is -4.29. The van der Waals surface area contributed by atoms with Crippen LogP contribution in [0.3, 0.4) is 0 Å². The lowest BCUT2D eigenvalue weighted by Crippen LogP contribution is -2.42. The fraction of sp³-hybridized carbons (Fsp3) is 0.462. The molecule has 27 heavy (non-hydrogen) atoms. The number of alkyl halides is 3. The fourth-order valence-corrected chi connectivity index (χ4v) is 2.83. The quantitative estimate of drug-likeness (QED) is 0.118. The largest absolute Gasteiger partial charge is 0.390 e. The van der Waals surface area contributed by atoms with E-state index >= 15 is 0 Å². The summed E-state index contributed by atoms with van der Waals surface area (Å²) in [6.45, 7) is -0.437. The van der Waals surface area contributed by atoms with E-state index in [2.05, 4.69) is 20.3 Å². The number of nitrogens with one attached hydrogen (secondary N) is 3. The van der Waals surface area contributed by atoms with Gasteiger partial charge in [0.05, 0.1) is 16.2 Å². The highest BCUT2D eigenvalue weighted by Crippen LogP contribution is 2.18. The first-order valence-corrected chi connectivity index (χ1v) is 8.79. The van der Waals surface area contributed by atoms with Crippen LogP contribution in [-0.4, -0.2) is 52.2 Å². The molecule has 0 aliphatic rings. The second-order valence-electron chi connectivity index (χ2n) is 4.94. The number of hydrogen-bond donors (Lipinski definition) is 3. The molecule has 154 valence electrons. The van der Waals surface area contributed by atoms with Gasteiger partial charge in [0.2, 0.25) is 10.0 Å². The van der Waals surface area contributed by atoms with Gasteiger partial charge in [0.15, 0.2) is 5.96 Å². The highest BCUT2D eigenvalue weighted by Gasteiger charge is 2.26. The molecule has 1 rings (SSSR count). The van der Waals surface area contributed by atoms with Gasteiger partial charge in [-0.2, -0.15) is 13.2 Å². The summed E-state index contributed by atoms with van der Waals surface area (Å²) in [6, 6.07) is 4.54. The molecule has 1 aromatic carbocycles. The number of non-ortho nitro benzene ring substituents is 1. The third kappa shape index (κ3) is 9.71. The second-order valence-corrected chi connectivity index (χ2v) is 6.71. The maximum Gasteiger partial charge on any atom is 0.390 e. The standard InChI is InChI=1S/C13H18F3N5O4S.HI/c1-17-12(18-6-5-13(14,15)16)19-7-8-20-26(24,25)11-4-2-3-10(9-11)21(22)23;/h2-4,9,20H,5-8H2,1H3,(H2,17,18,19);1H. The zero-order chi connectivity index (χ0) is 19.8. The Bertz CT molecular complexity index is 759. The maximum absolute atomic E-state index is 12.1. The molecule has 0 fully saturated rings. The van der Waals surface area contributed by atoms with Crippen molar-refractivity contribution in [3.63, 3.8) is 0 Å². The van der Waals surface area contributed by atoms with Crippen molar-refractivity contribution >= 4 is 45.6 Å². The average molecular weight is 525 g/mol. The molecule has 14 heteroatoms. The molecule has 0 saturated heterocycles. The Labute approximate surface area is 171 Å². The van der Waals surface area contributed by atoms with E-state index in [0.29, 0.717) is 0 Å². The lowest BCUT2D eigenvalue weighted by atomic mass is 10.3. The van der Waals surface area contributed by atoms with Crippen LogP contribution in [-0.2, 0) is 10.0 Å². The number of nitrogens with zero attached hydrogens (tertiary/aromatic N) is 2. The monoisotopic (exact) mass is 525 g/mol. The third-order valence-corrected chi connectivity index (χ3v) is 4.43. The highest BCUT2D eigenvalue weighted by molar-refractivity contribution is 14.0. The summed E-state index contributed by atoms with van der Waals surface area (Å²) in [6.07, 6.45) is -5.33. The lowest BCUT2D eigenvalue weighted by molar-refractivity contribution is -0.385. The Hall–Kier alpha value is -1.68. The van der Waals surface area contributed by atoms with Gasteiger partial charge in [0.25, 0.3) is 5.69 Å². The van der Waals surface area contributed by atoms with Crippen molar-refractivity contribution in [2.24, 2.45) is 4.99 Å². The van der Waals surface area contributed by atoms with Crippen LogP contribution in [0, 0.1) is 10.1 Å². The molecule has 0 heterocycles. The van der Waals surface area contributed by atoms with Crippen molar-refractivity contribution in [1.82, 2.24) is 15.4 Å². The molecule has 0 spiro atoms. The van der Waals surface area contributed by atoms with Gasteiger partial charge >= 0.3 is 6.18 Å². The van der Waals surface area contributed by atoms with Crippen LogP contribution in [0.4, 0.5) is 18.9 Å². The Kier molecular flexibility index (Phi) is 10.5. The van der Waals surface area contributed by atoms with Crippen LogP contribution in [0.1, 0.15) is 6.42 Å². The number of halogens is 4. The van der Waals surface area contributed by atoms with Crippen LogP contribution in [0.25, 0.3) is 0 Å². The van der Waals surface area contributed by atoms with E-state index in [1.807, 2.05) is 0 Å². The van der Waals surface area contributed by atoms with Crippen LogP contribution in [0.5, 0.6) is 0 Å². The molecule has 0 amide bonds. The highest BCUT2D eigenvalue weighted by atomic mass is 127. The summed E-state index contributed by atoms with van der Waals surface area (Å²) in [5.74, 6) is 0.0868. The number of aliphatic imine (C=N–C) groups is 1. The smallest absolute Gasteiger partial charge is 0.356 e. The molecule has 1 aromatic rings. The summed E-state index contributed by atoms with van der Waals surface area (Å²) < 4.78 is 62.6. The molecule has 0 unspecified atom stereocenters. The molecule has 0 radical (unpaired) electrons. The van der Waals surface area contributed by atoms with Crippen molar-refractivity contribution in [3.05, 3.63) is 34.4 Å². The Morgan fingerprint density at radius 3 is 2.41 bits per heavy atom. The molecular weight excluding hydrogens is 506 g/mol. The van der Waals surface area contributed by atoms with Crippen LogP contribution < -0.4 is 15.4 Å². The van der Waals surface area contributed by atoms with Gasteiger partial charge in [0.1, 0.15) is 0 Å². The maximum atomic E-state index is 12.1. The first-order chi connectivity index (χ1) is 12.0. The molecule has 3 N–H and O–H groups in total. The van der Waals surface area contributed by atoms with E-state index in [0.717, 1.165) is 12.1 Å². The number of guanidine groups is 1. The zero-order valence-corrected chi connectivity index (χ0v) is 17.3. The topological polar surface area (TPSA) is 126 Å². The average Bonchev–Trinajstić information content (AvgIpc) is 2.56. The number of benzene rings is 1. The molecule has 0 bridgehead atoms. The van der Waals surface area contributed by atoms with Gasteiger partial charge in [-0.1, -0.05) is 6.07 Å². The molecule has 0 aliphatic heterocycles. The molecule has 0 aromatic heterocycles. The third-order valence-electron chi connectivity index (χ3n) is 2.97. The normalized spacial score (nSPS) is 12.2. The van der Waals surface area contributed by atoms with Crippen molar-refractivity contribution in [3.8, 4) is 0 Å². The lowest BCUT2D eigenvalue weighted by Gasteiger charge is -2.13. The van der Waals surface area contributed by atoms with Crippen molar-refractivity contribution in [2.75, 3.05) is 26.7 Å². The van der Waals surface area contributed by atoms with Crippen molar-refractivity contribution in [1.29, 1.82) is 0 Å². The second kappa shape index (κ2) is 11.2. The van der Waals surface area contributed by atoms with Gasteiger partial charge in [-0.05, 0) is 6.07 Å². The van der Waals surface area contributed by atoms with Crippen molar-refractivity contribution < 1.29 is 26.5 Å². The summed E-state index contributed by atoms with van der Waals surface area (Å²) in [5.41, 5.74) is -0.361. The number of hydrogen-bond acceptors (Lipinski definition) is 5. The zero-order valence-electron chi connectivity index (χ0n) is 14.1. The van der Waals surface area contributed by atoms with Crippen molar-refractivity contribution in [2.45, 2.75) is 17.5 Å². The Morgan fingerprint density at radius 1 is 1.22 bits per heavy atom. The molecular formula is C13H19F3IN5O4S. The number of nitro benzene ring substituents is 1. The summed E-state index contributed by atoms with van der Waals surface area (Å²) in [5, 5.41) is 15.8. The van der Waals surface area contributed by atoms with E-state index in [1.165, 1.54) is 19.2 Å². The predicted molar refractivity (Wildman–Crippen MR) is 104 cm³/mol. The molecule has 0 aliphatic carbocycles. The van der Waals surface area contributed by atoms with E-state index < -0.39 is 27.5 Å². The number of sulfonamides is 1. The van der Waals surface area contributed by atoms with Crippen LogP contribution in [0.2, 0.25) is 0 Å². The first kappa shape index (κ1) is 25.3. The van der Waals surface area contributed by atoms with E-state index in [1.54, 1.807) is 0 Å². The SMILES string of the molecule is CN=C(NCCNS(=O)(=O)c1cccc([N+](=O)[O-])c1)NCCC(F)(F)F.I. The minimum Gasteiger partial charge on any atom is -0.356 e. The molecule has 0 saturated carbocycles. The van der Waals surface area contributed by atoms with Gasteiger partial charge in [-0.3, -0.25) is 15.1 Å². The van der Waals surface area contributed by atoms with E-state index in [-0.39, 0.29) is 60.2 Å². The van der Waals surface area contributed by atoms with Gasteiger partial charge in [-0.25, -0.2) is 13.1 Å². The molecule has 0 atom stereocenters. The van der Waals surface area contributed by atoms with Gasteiger partial charge in [-0.15, -0.1) is 24.0 Å². The first-order valence-electron chi connectivity index (χ1n) is 7.30. The summed E-state index contributed by atoms with van der Waals surface area (Å²) in [4.78, 5) is 13.4. The molecule has 9 nitrogen and oxygen atoms in total. The van der Waals surface area contributed by atoms with Crippen LogP contribution >= 0.6 is 24.0 Å². The Balaban J connectivity index is 0.00000676. The number of nitro groups is 1. The summed E-state index contributed by atoms with van der Waals surface area (Å²) >= 11 is 0. The fourth-order valence-electron chi connectivity index (χ4n) is 1.76. The Morgan fingerprint density at radius 2 is 1.85 bits per heavy atom. The minimum absolute atomic E-state index is 0. The van der Waals surface area contributed by atoms with Crippen LogP contribution in [0.15, 0.2) is 34.2 Å². The van der Waals surface area contributed by atoms with E-state index in [4.69, 9.17) is 0 Å². The summed E-state index contributed by atoms with van der Waals surface area (Å²) in [7, 11) is -2.60.